The van der Waals surface area contributed by atoms with Gasteiger partial charge in [0.15, 0.2) is 5.79 Å². The molecule has 0 saturated carbocycles. The number of nitrogens with zero attached hydrogens (tertiary/aromatic N) is 2. The normalized spacial score (nSPS) is 28.1. The molecule has 3 aliphatic heterocycles. The topological polar surface area (TPSA) is 42.0 Å². The van der Waals surface area contributed by atoms with Crippen molar-refractivity contribution in [2.75, 3.05) is 46.4 Å². The smallest absolute Gasteiger partial charge is 0.222 e. The number of hydrogen-bond donors (Lipinski definition) is 0. The molecule has 0 atom stereocenters. The molecule has 3 saturated heterocycles. The first kappa shape index (κ1) is 14.3. The first-order valence-electron chi connectivity index (χ1n) is 7.91. The SMILES string of the molecule is CN1CCC(CC(=O)N2CCC3(CC2)OCCO3)CC1. The average molecular weight is 282 g/mol. The van der Waals surface area contributed by atoms with Gasteiger partial charge in [0, 0.05) is 32.4 Å². The fourth-order valence-corrected chi connectivity index (χ4v) is 3.52. The summed E-state index contributed by atoms with van der Waals surface area (Å²) in [4.78, 5) is 16.7. The molecule has 0 radical (unpaired) electrons. The molecular weight excluding hydrogens is 256 g/mol. The molecule has 5 heteroatoms. The number of amides is 1. The molecule has 3 fully saturated rings. The third-order valence-corrected chi connectivity index (χ3v) is 4.99. The van der Waals surface area contributed by atoms with Crippen LogP contribution in [0.15, 0.2) is 0 Å². The zero-order valence-corrected chi connectivity index (χ0v) is 12.5. The predicted octanol–water partition coefficient (Wildman–Crippen LogP) is 1.08. The van der Waals surface area contributed by atoms with Crippen LogP contribution in [0.2, 0.25) is 0 Å². The van der Waals surface area contributed by atoms with Gasteiger partial charge in [-0.2, -0.15) is 0 Å². The summed E-state index contributed by atoms with van der Waals surface area (Å²) < 4.78 is 11.4. The molecule has 5 nitrogen and oxygen atoms in total. The van der Waals surface area contributed by atoms with E-state index in [0.717, 1.165) is 58.3 Å². The number of likely N-dealkylation sites (tertiary alicyclic amines) is 2. The van der Waals surface area contributed by atoms with Crippen molar-refractivity contribution in [2.24, 2.45) is 5.92 Å². The number of ether oxygens (including phenoxy) is 2. The standard InChI is InChI=1S/C15H26N2O3/c1-16-6-2-13(3-7-16)12-14(18)17-8-4-15(5-9-17)19-10-11-20-15/h13H,2-12H2,1H3. The predicted molar refractivity (Wildman–Crippen MR) is 75.3 cm³/mol. The van der Waals surface area contributed by atoms with Crippen molar-refractivity contribution >= 4 is 5.91 Å². The van der Waals surface area contributed by atoms with Crippen molar-refractivity contribution in [3.05, 3.63) is 0 Å². The van der Waals surface area contributed by atoms with Crippen LogP contribution in [-0.2, 0) is 14.3 Å². The highest BCUT2D eigenvalue weighted by Crippen LogP contribution is 2.32. The van der Waals surface area contributed by atoms with Crippen molar-refractivity contribution in [1.82, 2.24) is 9.80 Å². The van der Waals surface area contributed by atoms with Crippen LogP contribution in [0.3, 0.4) is 0 Å². The van der Waals surface area contributed by atoms with E-state index in [1.807, 2.05) is 4.90 Å². The molecule has 1 spiro atoms. The van der Waals surface area contributed by atoms with Gasteiger partial charge in [0.25, 0.3) is 0 Å². The van der Waals surface area contributed by atoms with Gasteiger partial charge < -0.3 is 19.3 Å². The molecule has 0 aromatic heterocycles. The first-order chi connectivity index (χ1) is 9.67. The Balaban J connectivity index is 1.44. The van der Waals surface area contributed by atoms with Gasteiger partial charge in [0.1, 0.15) is 0 Å². The van der Waals surface area contributed by atoms with Gasteiger partial charge >= 0.3 is 0 Å². The molecule has 20 heavy (non-hydrogen) atoms. The number of piperidine rings is 2. The molecular formula is C15H26N2O3. The maximum atomic E-state index is 12.4. The zero-order valence-electron chi connectivity index (χ0n) is 12.5. The van der Waals surface area contributed by atoms with Crippen molar-refractivity contribution in [3.63, 3.8) is 0 Å². The van der Waals surface area contributed by atoms with E-state index in [2.05, 4.69) is 11.9 Å². The third-order valence-electron chi connectivity index (χ3n) is 4.99. The Bertz CT molecular complexity index is 337. The number of carbonyl (C=O) groups excluding carboxylic acids is 1. The highest BCUT2D eigenvalue weighted by molar-refractivity contribution is 5.76. The van der Waals surface area contributed by atoms with Crippen LogP contribution in [0.25, 0.3) is 0 Å². The highest BCUT2D eigenvalue weighted by Gasteiger charge is 2.40. The Morgan fingerprint density at radius 3 is 2.30 bits per heavy atom. The van der Waals surface area contributed by atoms with Crippen molar-refractivity contribution in [1.29, 1.82) is 0 Å². The van der Waals surface area contributed by atoms with Crippen LogP contribution < -0.4 is 0 Å². The second-order valence-electron chi connectivity index (χ2n) is 6.44. The van der Waals surface area contributed by atoms with Crippen LogP contribution in [0, 0.1) is 5.92 Å². The minimum absolute atomic E-state index is 0.326. The van der Waals surface area contributed by atoms with E-state index < -0.39 is 0 Å². The minimum Gasteiger partial charge on any atom is -0.347 e. The van der Waals surface area contributed by atoms with E-state index >= 15 is 0 Å². The van der Waals surface area contributed by atoms with E-state index in [1.165, 1.54) is 0 Å². The highest BCUT2D eigenvalue weighted by atomic mass is 16.7. The van der Waals surface area contributed by atoms with Gasteiger partial charge in [-0.15, -0.1) is 0 Å². The summed E-state index contributed by atoms with van der Waals surface area (Å²) in [5.41, 5.74) is 0. The molecule has 0 bridgehead atoms. The van der Waals surface area contributed by atoms with E-state index in [0.29, 0.717) is 25.0 Å². The second kappa shape index (κ2) is 6.00. The fourth-order valence-electron chi connectivity index (χ4n) is 3.52. The van der Waals surface area contributed by atoms with Gasteiger partial charge in [-0.25, -0.2) is 0 Å². The summed E-state index contributed by atoms with van der Waals surface area (Å²) in [6, 6.07) is 0. The molecule has 1 amide bonds. The molecule has 0 unspecified atom stereocenters. The van der Waals surface area contributed by atoms with Gasteiger partial charge in [0.05, 0.1) is 13.2 Å². The van der Waals surface area contributed by atoms with Crippen molar-refractivity contribution < 1.29 is 14.3 Å². The maximum Gasteiger partial charge on any atom is 0.222 e. The van der Waals surface area contributed by atoms with E-state index in [4.69, 9.17) is 9.47 Å². The van der Waals surface area contributed by atoms with Gasteiger partial charge in [-0.05, 0) is 38.9 Å². The van der Waals surface area contributed by atoms with E-state index in [1.54, 1.807) is 0 Å². The minimum atomic E-state index is -0.371. The summed E-state index contributed by atoms with van der Waals surface area (Å²) in [5.74, 6) is 0.533. The first-order valence-corrected chi connectivity index (χ1v) is 7.91. The molecule has 3 aliphatic rings. The number of rotatable bonds is 2. The quantitative estimate of drug-likeness (QED) is 0.760. The molecule has 3 heterocycles. The Morgan fingerprint density at radius 1 is 1.10 bits per heavy atom. The number of hydrogen-bond acceptors (Lipinski definition) is 4. The van der Waals surface area contributed by atoms with E-state index in [9.17, 15) is 4.79 Å². The van der Waals surface area contributed by atoms with Gasteiger partial charge in [-0.1, -0.05) is 0 Å². The largest absolute Gasteiger partial charge is 0.347 e. The Hall–Kier alpha value is -0.650. The van der Waals surface area contributed by atoms with Crippen LogP contribution in [0.1, 0.15) is 32.1 Å². The second-order valence-corrected chi connectivity index (χ2v) is 6.44. The summed E-state index contributed by atoms with van der Waals surface area (Å²) in [7, 11) is 2.16. The average Bonchev–Trinajstić information content (AvgIpc) is 2.90. The van der Waals surface area contributed by atoms with E-state index in [-0.39, 0.29) is 5.79 Å². The lowest BCUT2D eigenvalue weighted by atomic mass is 9.92. The summed E-state index contributed by atoms with van der Waals surface area (Å²) >= 11 is 0. The lowest BCUT2D eigenvalue weighted by Gasteiger charge is -2.38. The molecule has 0 aromatic rings. The van der Waals surface area contributed by atoms with Crippen LogP contribution in [0.5, 0.6) is 0 Å². The zero-order chi connectivity index (χ0) is 14.0. The van der Waals surface area contributed by atoms with Crippen molar-refractivity contribution in [3.8, 4) is 0 Å². The Morgan fingerprint density at radius 2 is 1.70 bits per heavy atom. The molecule has 0 aromatic carbocycles. The molecule has 0 aliphatic carbocycles. The molecule has 0 N–H and O–H groups in total. The van der Waals surface area contributed by atoms with Crippen LogP contribution in [-0.4, -0.2) is 67.9 Å². The van der Waals surface area contributed by atoms with Crippen molar-refractivity contribution in [2.45, 2.75) is 37.9 Å². The molecule has 3 rings (SSSR count). The lowest BCUT2D eigenvalue weighted by Crippen LogP contribution is -2.47. The number of carbonyl (C=O) groups is 1. The van der Waals surface area contributed by atoms with Gasteiger partial charge in [-0.3, -0.25) is 4.79 Å². The third kappa shape index (κ3) is 3.15. The summed E-state index contributed by atoms with van der Waals surface area (Å²) in [6.07, 6.45) is 4.69. The van der Waals surface area contributed by atoms with Crippen LogP contribution in [0.4, 0.5) is 0 Å². The van der Waals surface area contributed by atoms with Crippen LogP contribution >= 0.6 is 0 Å². The maximum absolute atomic E-state index is 12.4. The lowest BCUT2D eigenvalue weighted by molar-refractivity contribution is -0.187. The molecule has 114 valence electrons. The summed E-state index contributed by atoms with van der Waals surface area (Å²) in [5, 5.41) is 0. The van der Waals surface area contributed by atoms with Gasteiger partial charge in [0.2, 0.25) is 5.91 Å². The fraction of sp³-hybridized carbons (Fsp3) is 0.933. The summed E-state index contributed by atoms with van der Waals surface area (Å²) in [6.45, 7) is 5.22. The Labute approximate surface area is 121 Å². The monoisotopic (exact) mass is 282 g/mol. The Kier molecular flexibility index (Phi) is 4.29.